The maximum atomic E-state index is 13.1. The van der Waals surface area contributed by atoms with E-state index in [1.54, 1.807) is 12.2 Å². The minimum absolute atomic E-state index is 0.0967. The molecule has 0 aromatic heterocycles. The van der Waals surface area contributed by atoms with E-state index < -0.39 is 29.2 Å². The van der Waals surface area contributed by atoms with Crippen LogP contribution in [0.2, 0.25) is 0 Å². The van der Waals surface area contributed by atoms with Gasteiger partial charge in [0.2, 0.25) is 5.78 Å². The van der Waals surface area contributed by atoms with Crippen LogP contribution in [-0.2, 0) is 23.9 Å². The van der Waals surface area contributed by atoms with Crippen molar-refractivity contribution in [2.45, 2.75) is 59.2 Å². The SMILES string of the molecule is CC[C@H](C)/C=C(C)/C=C/C1=CC2=C(Cl)C(=O)[C@@]3(C)OC(=O)C(C(=O)C[C@H](C)O)=C3C2=CO1. The molecule has 3 aliphatic rings. The number of hydrogen-bond donors (Lipinski definition) is 1. The van der Waals surface area contributed by atoms with Gasteiger partial charge in [-0.25, -0.2) is 4.79 Å². The maximum Gasteiger partial charge on any atom is 0.343 e. The smallest absolute Gasteiger partial charge is 0.343 e. The third-order valence-electron chi connectivity index (χ3n) is 5.72. The number of halogens is 1. The van der Waals surface area contributed by atoms with Gasteiger partial charge in [0.05, 0.1) is 17.4 Å². The average molecular weight is 459 g/mol. The Morgan fingerprint density at radius 1 is 1.31 bits per heavy atom. The van der Waals surface area contributed by atoms with Gasteiger partial charge in [0.1, 0.15) is 11.3 Å². The Labute approximate surface area is 192 Å². The summed E-state index contributed by atoms with van der Waals surface area (Å²) in [5.41, 5.74) is -0.0646. The van der Waals surface area contributed by atoms with Gasteiger partial charge in [-0.2, -0.15) is 0 Å². The van der Waals surface area contributed by atoms with Gasteiger partial charge in [0.25, 0.3) is 0 Å². The van der Waals surface area contributed by atoms with Crippen molar-refractivity contribution in [3.05, 3.63) is 69.2 Å². The summed E-state index contributed by atoms with van der Waals surface area (Å²) < 4.78 is 11.1. The van der Waals surface area contributed by atoms with Crippen LogP contribution in [0, 0.1) is 5.92 Å². The lowest BCUT2D eigenvalue weighted by atomic mass is 9.75. The average Bonchev–Trinajstić information content (AvgIpc) is 3.01. The number of allylic oxidation sites excluding steroid dienone is 6. The predicted octanol–water partition coefficient (Wildman–Crippen LogP) is 4.36. The zero-order valence-electron chi connectivity index (χ0n) is 18.8. The molecule has 0 radical (unpaired) electrons. The van der Waals surface area contributed by atoms with Gasteiger partial charge >= 0.3 is 5.97 Å². The first kappa shape index (κ1) is 24.0. The maximum absolute atomic E-state index is 13.1. The van der Waals surface area contributed by atoms with Crippen molar-refractivity contribution in [3.63, 3.8) is 0 Å². The second-order valence-corrected chi connectivity index (χ2v) is 8.91. The molecule has 0 unspecified atom stereocenters. The Morgan fingerprint density at radius 3 is 2.62 bits per heavy atom. The summed E-state index contributed by atoms with van der Waals surface area (Å²) in [4.78, 5) is 38.3. The molecular formula is C25H27ClO6. The molecule has 0 aromatic carbocycles. The first-order chi connectivity index (χ1) is 15.0. The highest BCUT2D eigenvalue weighted by Crippen LogP contribution is 2.49. The van der Waals surface area contributed by atoms with E-state index >= 15 is 0 Å². The van der Waals surface area contributed by atoms with Crippen molar-refractivity contribution in [1.29, 1.82) is 0 Å². The zero-order valence-corrected chi connectivity index (χ0v) is 19.6. The topological polar surface area (TPSA) is 89.9 Å². The highest BCUT2D eigenvalue weighted by Gasteiger charge is 2.56. The van der Waals surface area contributed by atoms with Crippen LogP contribution in [0.5, 0.6) is 0 Å². The molecule has 2 heterocycles. The molecule has 0 fully saturated rings. The molecule has 3 rings (SSSR count). The first-order valence-electron chi connectivity index (χ1n) is 10.6. The van der Waals surface area contributed by atoms with Crippen LogP contribution in [0.4, 0.5) is 0 Å². The lowest BCUT2D eigenvalue weighted by Crippen LogP contribution is -2.42. The summed E-state index contributed by atoms with van der Waals surface area (Å²) in [5, 5.41) is 9.51. The summed E-state index contributed by atoms with van der Waals surface area (Å²) in [5.74, 6) is -1.21. The van der Waals surface area contributed by atoms with Gasteiger partial charge in [0.15, 0.2) is 11.4 Å². The Bertz CT molecular complexity index is 1070. The minimum Gasteiger partial charge on any atom is -0.464 e. The Balaban J connectivity index is 2.05. The van der Waals surface area contributed by atoms with Crippen molar-refractivity contribution >= 4 is 29.1 Å². The number of aliphatic hydroxyl groups is 1. The summed E-state index contributed by atoms with van der Waals surface area (Å²) >= 11 is 6.39. The lowest BCUT2D eigenvalue weighted by molar-refractivity contribution is -0.153. The van der Waals surface area contributed by atoms with Crippen LogP contribution in [0.25, 0.3) is 0 Å². The molecule has 2 aliphatic heterocycles. The predicted molar refractivity (Wildman–Crippen MR) is 120 cm³/mol. The molecule has 32 heavy (non-hydrogen) atoms. The number of aliphatic hydroxyl groups excluding tert-OH is 1. The number of rotatable bonds is 7. The van der Waals surface area contributed by atoms with Crippen LogP contribution in [-0.4, -0.2) is 34.3 Å². The molecule has 0 amide bonds. The Hall–Kier alpha value is -2.70. The summed E-state index contributed by atoms with van der Waals surface area (Å²) in [6, 6.07) is 0. The van der Waals surface area contributed by atoms with Crippen LogP contribution in [0.3, 0.4) is 0 Å². The quantitative estimate of drug-likeness (QED) is 0.346. The van der Waals surface area contributed by atoms with Crippen molar-refractivity contribution in [3.8, 4) is 0 Å². The molecule has 3 atom stereocenters. The molecule has 1 N–H and O–H groups in total. The third-order valence-corrected chi connectivity index (χ3v) is 6.09. The minimum atomic E-state index is -1.71. The fourth-order valence-electron chi connectivity index (χ4n) is 3.88. The van der Waals surface area contributed by atoms with Crippen LogP contribution in [0.1, 0.15) is 47.5 Å². The molecule has 0 saturated carbocycles. The second-order valence-electron chi connectivity index (χ2n) is 8.53. The number of carbonyl (C=O) groups is 3. The number of hydrogen-bond acceptors (Lipinski definition) is 6. The van der Waals surface area contributed by atoms with E-state index in [-0.39, 0.29) is 22.6 Å². The van der Waals surface area contributed by atoms with E-state index in [1.807, 2.05) is 13.0 Å². The lowest BCUT2D eigenvalue weighted by Gasteiger charge is -2.33. The number of fused-ring (bicyclic) bond motifs is 3. The van der Waals surface area contributed by atoms with E-state index in [0.717, 1.165) is 12.0 Å². The monoisotopic (exact) mass is 458 g/mol. The fraction of sp³-hybridized carbons (Fsp3) is 0.400. The summed E-state index contributed by atoms with van der Waals surface area (Å²) in [6.07, 6.45) is 8.61. The van der Waals surface area contributed by atoms with E-state index in [2.05, 4.69) is 19.9 Å². The molecule has 0 bridgehead atoms. The number of esters is 1. The Morgan fingerprint density at radius 2 is 2.00 bits per heavy atom. The summed E-state index contributed by atoms with van der Waals surface area (Å²) in [6.45, 7) is 9.09. The standard InChI is InChI=1S/C25H27ClO6/c1-6-13(2)9-14(3)7-8-16-11-17-18(12-31-16)21-20(19(28)10-15(4)27)24(30)32-25(21,5)23(29)22(17)26/h7-9,11-13,15,27H,6,10H2,1-5H3/b8-7+,14-9+/t13-,15-,25-/m0/s1. The van der Waals surface area contributed by atoms with Crippen molar-refractivity contribution in [2.24, 2.45) is 5.92 Å². The van der Waals surface area contributed by atoms with Crippen molar-refractivity contribution in [1.82, 2.24) is 0 Å². The highest BCUT2D eigenvalue weighted by atomic mass is 35.5. The number of ketones is 2. The largest absolute Gasteiger partial charge is 0.464 e. The fourth-order valence-corrected chi connectivity index (χ4v) is 4.21. The molecule has 1 aliphatic carbocycles. The first-order valence-corrected chi connectivity index (χ1v) is 11.0. The van der Waals surface area contributed by atoms with Gasteiger partial charge in [-0.05, 0) is 38.8 Å². The van der Waals surface area contributed by atoms with Gasteiger partial charge in [-0.15, -0.1) is 0 Å². The van der Waals surface area contributed by atoms with E-state index in [9.17, 15) is 19.5 Å². The third kappa shape index (κ3) is 4.30. The van der Waals surface area contributed by atoms with Gasteiger partial charge in [0, 0.05) is 23.1 Å². The zero-order chi connectivity index (χ0) is 23.8. The van der Waals surface area contributed by atoms with Gasteiger partial charge in [-0.3, -0.25) is 9.59 Å². The summed E-state index contributed by atoms with van der Waals surface area (Å²) in [7, 11) is 0. The van der Waals surface area contributed by atoms with E-state index in [1.165, 1.54) is 20.1 Å². The molecule has 170 valence electrons. The molecule has 6 nitrogen and oxygen atoms in total. The van der Waals surface area contributed by atoms with Crippen LogP contribution < -0.4 is 0 Å². The molecule has 7 heteroatoms. The molecule has 0 spiro atoms. The van der Waals surface area contributed by atoms with Gasteiger partial charge in [-0.1, -0.05) is 49.6 Å². The van der Waals surface area contributed by atoms with E-state index in [0.29, 0.717) is 22.8 Å². The van der Waals surface area contributed by atoms with Crippen LogP contribution >= 0.6 is 11.6 Å². The second kappa shape index (κ2) is 9.04. The number of carbonyl (C=O) groups excluding carboxylic acids is 3. The van der Waals surface area contributed by atoms with Crippen LogP contribution in [0.15, 0.2) is 69.2 Å². The molecular weight excluding hydrogens is 432 g/mol. The van der Waals surface area contributed by atoms with E-state index in [4.69, 9.17) is 21.1 Å². The number of ether oxygens (including phenoxy) is 2. The number of Topliss-reactive ketones (excluding diaryl/α,β-unsaturated/α-hetero) is 2. The van der Waals surface area contributed by atoms with Crippen molar-refractivity contribution in [2.75, 3.05) is 0 Å². The normalized spacial score (nSPS) is 25.2. The molecule has 0 saturated heterocycles. The Kier molecular flexibility index (Phi) is 6.77. The van der Waals surface area contributed by atoms with Crippen molar-refractivity contribution < 1.29 is 29.0 Å². The molecule has 0 aromatic rings. The highest BCUT2D eigenvalue weighted by molar-refractivity contribution is 6.46. The van der Waals surface area contributed by atoms with Gasteiger partial charge < -0.3 is 14.6 Å².